The van der Waals surface area contributed by atoms with E-state index in [4.69, 9.17) is 10.3 Å². The second-order valence-corrected chi connectivity index (χ2v) is 5.33. The van der Waals surface area contributed by atoms with Crippen LogP contribution in [0.4, 0.5) is 5.82 Å². The van der Waals surface area contributed by atoms with Crippen LogP contribution >= 0.6 is 15.9 Å². The highest BCUT2D eigenvalue weighted by Gasteiger charge is 2.17. The van der Waals surface area contributed by atoms with Gasteiger partial charge in [0.15, 0.2) is 0 Å². The molecule has 0 atom stereocenters. The average Bonchev–Trinajstić information content (AvgIpc) is 2.98. The van der Waals surface area contributed by atoms with E-state index >= 15 is 0 Å². The Morgan fingerprint density at radius 2 is 2.10 bits per heavy atom. The third kappa shape index (κ3) is 2.09. The molecule has 102 valence electrons. The van der Waals surface area contributed by atoms with Gasteiger partial charge in [-0.25, -0.2) is 0 Å². The quantitative estimate of drug-likeness (QED) is 0.779. The molecular formula is C13H12BrN5O. The minimum atomic E-state index is 0.359. The summed E-state index contributed by atoms with van der Waals surface area (Å²) in [6.45, 7) is 2.02. The molecule has 1 aromatic carbocycles. The molecule has 2 aromatic heterocycles. The van der Waals surface area contributed by atoms with Gasteiger partial charge in [-0.3, -0.25) is 4.68 Å². The van der Waals surface area contributed by atoms with Crippen molar-refractivity contribution in [1.82, 2.24) is 19.9 Å². The summed E-state index contributed by atoms with van der Waals surface area (Å²) in [5.41, 5.74) is 8.55. The summed E-state index contributed by atoms with van der Waals surface area (Å²) < 4.78 is 7.75. The van der Waals surface area contributed by atoms with Gasteiger partial charge >= 0.3 is 0 Å². The van der Waals surface area contributed by atoms with Gasteiger partial charge in [-0.1, -0.05) is 27.2 Å². The Kier molecular flexibility index (Phi) is 3.06. The summed E-state index contributed by atoms with van der Waals surface area (Å²) in [7, 11) is 1.76. The van der Waals surface area contributed by atoms with Gasteiger partial charge in [-0.2, -0.15) is 10.1 Å². The number of hydrogen-bond donors (Lipinski definition) is 1. The van der Waals surface area contributed by atoms with Gasteiger partial charge in [0, 0.05) is 17.1 Å². The van der Waals surface area contributed by atoms with Gasteiger partial charge in [-0.05, 0) is 24.6 Å². The number of halogens is 1. The van der Waals surface area contributed by atoms with Crippen LogP contribution in [0, 0.1) is 6.92 Å². The first kappa shape index (κ1) is 12.9. The second kappa shape index (κ2) is 4.75. The van der Waals surface area contributed by atoms with E-state index in [1.807, 2.05) is 25.1 Å². The number of aryl methyl sites for hydroxylation is 2. The molecule has 2 heterocycles. The minimum Gasteiger partial charge on any atom is -0.383 e. The van der Waals surface area contributed by atoms with Crippen molar-refractivity contribution in [3.63, 3.8) is 0 Å². The molecule has 0 amide bonds. The third-order valence-electron chi connectivity index (χ3n) is 3.01. The van der Waals surface area contributed by atoms with E-state index in [1.165, 1.54) is 0 Å². The zero-order valence-corrected chi connectivity index (χ0v) is 12.5. The first-order valence-electron chi connectivity index (χ1n) is 5.94. The normalized spacial score (nSPS) is 10.9. The van der Waals surface area contributed by atoms with Crippen LogP contribution in [0.1, 0.15) is 5.56 Å². The highest BCUT2D eigenvalue weighted by Crippen LogP contribution is 2.30. The Bertz CT molecular complexity index is 777. The number of benzene rings is 1. The molecule has 6 nitrogen and oxygen atoms in total. The van der Waals surface area contributed by atoms with Crippen LogP contribution in [0.5, 0.6) is 0 Å². The molecule has 3 aromatic rings. The van der Waals surface area contributed by atoms with Crippen molar-refractivity contribution in [2.45, 2.75) is 6.92 Å². The lowest BCUT2D eigenvalue weighted by atomic mass is 10.1. The molecule has 0 saturated heterocycles. The third-order valence-corrected chi connectivity index (χ3v) is 3.66. The maximum absolute atomic E-state index is 5.90. The predicted octanol–water partition coefficient (Wildman–Crippen LogP) is 2.79. The van der Waals surface area contributed by atoms with Crippen molar-refractivity contribution < 1.29 is 4.52 Å². The summed E-state index contributed by atoms with van der Waals surface area (Å²) in [6.07, 6.45) is 1.61. The number of nitrogens with two attached hydrogens (primary N) is 1. The van der Waals surface area contributed by atoms with Crippen LogP contribution in [0.15, 0.2) is 33.4 Å². The Morgan fingerprint density at radius 3 is 2.75 bits per heavy atom. The molecule has 0 aliphatic carbocycles. The van der Waals surface area contributed by atoms with E-state index in [2.05, 4.69) is 31.2 Å². The van der Waals surface area contributed by atoms with Crippen LogP contribution in [-0.2, 0) is 7.05 Å². The predicted molar refractivity (Wildman–Crippen MR) is 78.8 cm³/mol. The van der Waals surface area contributed by atoms with Gasteiger partial charge in [0.25, 0.3) is 5.89 Å². The van der Waals surface area contributed by atoms with Gasteiger partial charge in [0.2, 0.25) is 5.82 Å². The van der Waals surface area contributed by atoms with E-state index in [0.717, 1.165) is 15.6 Å². The molecule has 0 saturated carbocycles. The monoisotopic (exact) mass is 333 g/mol. The van der Waals surface area contributed by atoms with Crippen molar-refractivity contribution in [2.75, 3.05) is 5.73 Å². The van der Waals surface area contributed by atoms with Crippen LogP contribution in [-0.4, -0.2) is 19.9 Å². The van der Waals surface area contributed by atoms with Crippen molar-refractivity contribution in [1.29, 1.82) is 0 Å². The van der Waals surface area contributed by atoms with Crippen molar-refractivity contribution in [3.05, 3.63) is 34.4 Å². The van der Waals surface area contributed by atoms with Crippen LogP contribution < -0.4 is 5.73 Å². The lowest BCUT2D eigenvalue weighted by molar-refractivity contribution is 0.432. The Labute approximate surface area is 123 Å². The van der Waals surface area contributed by atoms with Gasteiger partial charge in [0.05, 0.1) is 6.20 Å². The Hall–Kier alpha value is -2.15. The zero-order valence-electron chi connectivity index (χ0n) is 11.0. The first-order valence-corrected chi connectivity index (χ1v) is 6.73. The lowest BCUT2D eigenvalue weighted by Crippen LogP contribution is -1.98. The SMILES string of the molecule is Cc1ccc(-c2noc(-c3cnn(C)c3N)n2)c(Br)c1. The molecule has 0 aliphatic rings. The van der Waals surface area contributed by atoms with E-state index in [0.29, 0.717) is 23.1 Å². The number of anilines is 1. The maximum atomic E-state index is 5.90. The fourth-order valence-electron chi connectivity index (χ4n) is 1.86. The van der Waals surface area contributed by atoms with E-state index in [9.17, 15) is 0 Å². The Morgan fingerprint density at radius 1 is 1.30 bits per heavy atom. The second-order valence-electron chi connectivity index (χ2n) is 4.47. The number of rotatable bonds is 2. The van der Waals surface area contributed by atoms with Gasteiger partial charge in [0.1, 0.15) is 11.4 Å². The van der Waals surface area contributed by atoms with Crippen molar-refractivity contribution in [3.8, 4) is 22.8 Å². The van der Waals surface area contributed by atoms with Crippen LogP contribution in [0.2, 0.25) is 0 Å². The number of nitrogen functional groups attached to an aromatic ring is 1. The fraction of sp³-hybridized carbons (Fsp3) is 0.154. The van der Waals surface area contributed by atoms with Gasteiger partial charge in [-0.15, -0.1) is 0 Å². The molecule has 0 bridgehead atoms. The summed E-state index contributed by atoms with van der Waals surface area (Å²) in [6, 6.07) is 5.94. The zero-order chi connectivity index (χ0) is 14.3. The fourth-order valence-corrected chi connectivity index (χ4v) is 2.53. The van der Waals surface area contributed by atoms with Crippen molar-refractivity contribution >= 4 is 21.7 Å². The minimum absolute atomic E-state index is 0.359. The molecule has 0 fully saturated rings. The Balaban J connectivity index is 2.04. The molecule has 20 heavy (non-hydrogen) atoms. The molecule has 2 N–H and O–H groups in total. The maximum Gasteiger partial charge on any atom is 0.263 e. The van der Waals surface area contributed by atoms with Crippen molar-refractivity contribution in [2.24, 2.45) is 7.05 Å². The van der Waals surface area contributed by atoms with E-state index < -0.39 is 0 Å². The summed E-state index contributed by atoms with van der Waals surface area (Å²) in [4.78, 5) is 4.37. The van der Waals surface area contributed by atoms with Crippen LogP contribution in [0.25, 0.3) is 22.8 Å². The number of hydrogen-bond acceptors (Lipinski definition) is 5. The summed E-state index contributed by atoms with van der Waals surface area (Å²) in [5.74, 6) is 1.36. The highest BCUT2D eigenvalue weighted by molar-refractivity contribution is 9.10. The molecule has 0 radical (unpaired) electrons. The first-order chi connectivity index (χ1) is 9.56. The molecular weight excluding hydrogens is 322 g/mol. The molecule has 0 aliphatic heterocycles. The lowest BCUT2D eigenvalue weighted by Gasteiger charge is -1.99. The number of nitrogens with zero attached hydrogens (tertiary/aromatic N) is 4. The van der Waals surface area contributed by atoms with Crippen LogP contribution in [0.3, 0.4) is 0 Å². The standard InChI is InChI=1S/C13H12BrN5O/c1-7-3-4-8(10(14)5-7)12-17-13(20-18-12)9-6-16-19(2)11(9)15/h3-6H,15H2,1-2H3. The highest BCUT2D eigenvalue weighted by atomic mass is 79.9. The smallest absolute Gasteiger partial charge is 0.263 e. The summed E-state index contributed by atoms with van der Waals surface area (Å²) in [5, 5.41) is 8.05. The van der Waals surface area contributed by atoms with E-state index in [-0.39, 0.29) is 0 Å². The summed E-state index contributed by atoms with van der Waals surface area (Å²) >= 11 is 3.51. The molecule has 7 heteroatoms. The molecule has 0 spiro atoms. The number of aromatic nitrogens is 4. The topological polar surface area (TPSA) is 82.8 Å². The van der Waals surface area contributed by atoms with Gasteiger partial charge < -0.3 is 10.3 Å². The average molecular weight is 334 g/mol. The molecule has 3 rings (SSSR count). The van der Waals surface area contributed by atoms with E-state index in [1.54, 1.807) is 17.9 Å². The largest absolute Gasteiger partial charge is 0.383 e. The molecule has 0 unspecified atom stereocenters.